The van der Waals surface area contributed by atoms with E-state index in [2.05, 4.69) is 15.2 Å². The van der Waals surface area contributed by atoms with Crippen LogP contribution in [0.2, 0.25) is 0 Å². The van der Waals surface area contributed by atoms with Crippen LogP contribution in [-0.2, 0) is 17.0 Å². The normalized spacial score (nSPS) is 17.1. The van der Waals surface area contributed by atoms with Crippen LogP contribution in [0.15, 0.2) is 23.0 Å². The average Bonchev–Trinajstić information content (AvgIpc) is 2.69. The fourth-order valence-corrected chi connectivity index (χ4v) is 4.79. The maximum Gasteiger partial charge on any atom is 0.252 e. The molecule has 0 radical (unpaired) electrons. The molecule has 0 bridgehead atoms. The summed E-state index contributed by atoms with van der Waals surface area (Å²) in [5.74, 6) is 1.96. The number of carbonyl (C=O) groups excluding carboxylic acids is 2. The highest BCUT2D eigenvalue weighted by atomic mass is 35.5. The van der Waals surface area contributed by atoms with Crippen LogP contribution < -0.4 is 10.9 Å². The molecule has 2 aliphatic rings. The highest BCUT2D eigenvalue weighted by Crippen LogP contribution is 2.28. The van der Waals surface area contributed by atoms with Crippen molar-refractivity contribution < 1.29 is 9.59 Å². The second-order valence-electron chi connectivity index (χ2n) is 7.11. The number of Topliss-reactive ketones (excluding diaryl/α,β-unsaturated/α-hetero) is 1. The third kappa shape index (κ3) is 4.42. The number of ketones is 1. The number of hydrogen-bond donors (Lipinski definition) is 2. The summed E-state index contributed by atoms with van der Waals surface area (Å²) in [7, 11) is 0. The molecule has 1 saturated heterocycles. The number of fused-ring (bicyclic) bond motifs is 3. The summed E-state index contributed by atoms with van der Waals surface area (Å²) in [5.41, 5.74) is 3.32. The fourth-order valence-electron chi connectivity index (χ4n) is 3.78. The Bertz CT molecular complexity index is 950. The van der Waals surface area contributed by atoms with Crippen molar-refractivity contribution >= 4 is 46.8 Å². The summed E-state index contributed by atoms with van der Waals surface area (Å²) in [5, 5.41) is 3.95. The van der Waals surface area contributed by atoms with Gasteiger partial charge in [-0.1, -0.05) is 0 Å². The summed E-state index contributed by atoms with van der Waals surface area (Å²) in [6.45, 7) is 2.88. The topological polar surface area (TPSA) is 82.3 Å². The van der Waals surface area contributed by atoms with Gasteiger partial charge in [0.2, 0.25) is 0 Å². The van der Waals surface area contributed by atoms with Gasteiger partial charge in [-0.2, -0.15) is 11.8 Å². The van der Waals surface area contributed by atoms with Gasteiger partial charge in [0.25, 0.3) is 11.5 Å². The summed E-state index contributed by atoms with van der Waals surface area (Å²) >= 11 is 1.77. The van der Waals surface area contributed by atoms with E-state index in [4.69, 9.17) is 0 Å². The molecule has 1 aromatic carbocycles. The molecule has 1 fully saturated rings. The molecule has 28 heavy (non-hydrogen) atoms. The number of H-pyrrole nitrogens is 1. The number of aromatic nitrogens is 1. The Labute approximate surface area is 173 Å². The molecule has 0 aliphatic carbocycles. The van der Waals surface area contributed by atoms with Crippen molar-refractivity contribution in [3.05, 3.63) is 45.2 Å². The van der Waals surface area contributed by atoms with Gasteiger partial charge in [-0.25, -0.2) is 0 Å². The van der Waals surface area contributed by atoms with E-state index in [0.717, 1.165) is 59.6 Å². The molecule has 0 spiro atoms. The zero-order chi connectivity index (χ0) is 18.8. The number of carbonyl (C=O) groups is 2. The first-order chi connectivity index (χ1) is 13.1. The van der Waals surface area contributed by atoms with Crippen LogP contribution in [0.25, 0.3) is 10.9 Å². The number of nitrogens with one attached hydrogen (secondary N) is 2. The number of pyridine rings is 1. The van der Waals surface area contributed by atoms with Crippen LogP contribution in [0, 0.1) is 0 Å². The number of thioether (sulfide) groups is 1. The van der Waals surface area contributed by atoms with Gasteiger partial charge < -0.3 is 15.2 Å². The van der Waals surface area contributed by atoms with Crippen LogP contribution in [0.3, 0.4) is 0 Å². The number of likely N-dealkylation sites (tertiary alicyclic amines) is 1. The summed E-state index contributed by atoms with van der Waals surface area (Å²) in [6.07, 6.45) is 2.08. The predicted molar refractivity (Wildman–Crippen MR) is 115 cm³/mol. The van der Waals surface area contributed by atoms with E-state index >= 15 is 0 Å². The van der Waals surface area contributed by atoms with Crippen LogP contribution in [-0.4, -0.2) is 53.5 Å². The molecule has 6 nitrogen and oxygen atoms in total. The maximum atomic E-state index is 12.6. The lowest BCUT2D eigenvalue weighted by molar-refractivity contribution is -0.121. The number of halogens is 1. The number of hydrogen-bond acceptors (Lipinski definition) is 5. The van der Waals surface area contributed by atoms with Crippen LogP contribution in [0.1, 0.15) is 34.3 Å². The third-order valence-corrected chi connectivity index (χ3v) is 6.35. The maximum absolute atomic E-state index is 12.6. The monoisotopic (exact) mass is 421 g/mol. The van der Waals surface area contributed by atoms with E-state index in [1.54, 1.807) is 17.8 Å². The van der Waals surface area contributed by atoms with Crippen molar-refractivity contribution in [1.29, 1.82) is 0 Å². The highest BCUT2D eigenvalue weighted by Gasteiger charge is 2.18. The third-order valence-electron chi connectivity index (χ3n) is 5.36. The fraction of sp³-hybridized carbons (Fsp3) is 0.450. The van der Waals surface area contributed by atoms with Gasteiger partial charge in [0.1, 0.15) is 5.78 Å². The Kier molecular flexibility index (Phi) is 6.80. The number of nitrogens with zero attached hydrogens (tertiary/aromatic N) is 1. The smallest absolute Gasteiger partial charge is 0.252 e. The summed E-state index contributed by atoms with van der Waals surface area (Å²) in [4.78, 5) is 41.2. The lowest BCUT2D eigenvalue weighted by Crippen LogP contribution is -2.39. The van der Waals surface area contributed by atoms with E-state index in [1.807, 2.05) is 12.1 Å². The van der Waals surface area contributed by atoms with Crippen LogP contribution in [0.4, 0.5) is 0 Å². The quantitative estimate of drug-likeness (QED) is 0.790. The Hall–Kier alpha value is -1.83. The minimum Gasteiger partial charge on any atom is -0.351 e. The van der Waals surface area contributed by atoms with Crippen molar-refractivity contribution in [3.8, 4) is 0 Å². The largest absolute Gasteiger partial charge is 0.351 e. The number of aromatic amines is 1. The highest BCUT2D eigenvalue weighted by molar-refractivity contribution is 7.98. The molecule has 0 atom stereocenters. The first-order valence-electron chi connectivity index (χ1n) is 9.39. The molecule has 1 amide bonds. The molecular formula is C20H24ClN3O3S. The Morgan fingerprint density at radius 2 is 1.93 bits per heavy atom. The van der Waals surface area contributed by atoms with E-state index in [1.165, 1.54) is 0 Å². The Balaban J connectivity index is 0.00000225. The van der Waals surface area contributed by atoms with E-state index in [0.29, 0.717) is 30.7 Å². The zero-order valence-corrected chi connectivity index (χ0v) is 17.2. The van der Waals surface area contributed by atoms with Crippen LogP contribution >= 0.6 is 24.2 Å². The van der Waals surface area contributed by atoms with Crippen molar-refractivity contribution in [2.45, 2.75) is 25.0 Å². The average molecular weight is 422 g/mol. The minimum atomic E-state index is -0.102. The van der Waals surface area contributed by atoms with Crippen molar-refractivity contribution in [3.63, 3.8) is 0 Å². The lowest BCUT2D eigenvalue weighted by atomic mass is 9.99. The van der Waals surface area contributed by atoms with Gasteiger partial charge in [0.15, 0.2) is 0 Å². The van der Waals surface area contributed by atoms with E-state index < -0.39 is 0 Å². The first-order valence-corrected chi connectivity index (χ1v) is 10.5. The molecule has 3 heterocycles. The second kappa shape index (κ2) is 9.11. The van der Waals surface area contributed by atoms with Crippen molar-refractivity contribution in [1.82, 2.24) is 15.2 Å². The molecule has 2 N–H and O–H groups in total. The van der Waals surface area contributed by atoms with Crippen LogP contribution in [0.5, 0.6) is 0 Å². The van der Waals surface area contributed by atoms with Gasteiger partial charge >= 0.3 is 0 Å². The standard InChI is InChI=1S/C20H23N3O3S.ClH/c24-14-3-7-23(8-4-14)9-6-21-19(25)13-1-2-18-16(11-13)15-5-10-27-12-17(15)20(26)22-18;/h1-2,11H,3-10,12H2,(H,21,25)(H,22,26);1H. The van der Waals surface area contributed by atoms with Crippen molar-refractivity contribution in [2.75, 3.05) is 31.9 Å². The van der Waals surface area contributed by atoms with Gasteiger partial charge in [0, 0.05) is 66.8 Å². The summed E-state index contributed by atoms with van der Waals surface area (Å²) in [6, 6.07) is 5.48. The number of aryl methyl sites for hydroxylation is 1. The molecule has 0 unspecified atom stereocenters. The van der Waals surface area contributed by atoms with Gasteiger partial charge in [-0.3, -0.25) is 14.4 Å². The van der Waals surface area contributed by atoms with Gasteiger partial charge in [0.05, 0.1) is 0 Å². The zero-order valence-electron chi connectivity index (χ0n) is 15.6. The molecule has 2 aromatic rings. The van der Waals surface area contributed by atoms with Gasteiger partial charge in [-0.15, -0.1) is 12.4 Å². The number of piperidine rings is 1. The Morgan fingerprint density at radius 1 is 1.14 bits per heavy atom. The molecule has 1 aromatic heterocycles. The summed E-state index contributed by atoms with van der Waals surface area (Å²) < 4.78 is 0. The first kappa shape index (κ1) is 20.9. The van der Waals surface area contributed by atoms with E-state index in [-0.39, 0.29) is 23.9 Å². The predicted octanol–water partition coefficient (Wildman–Crippen LogP) is 2.13. The number of benzene rings is 1. The molecule has 150 valence electrons. The molecule has 4 rings (SSSR count). The molecule has 8 heteroatoms. The lowest BCUT2D eigenvalue weighted by Gasteiger charge is -2.25. The Morgan fingerprint density at radius 3 is 2.71 bits per heavy atom. The minimum absolute atomic E-state index is 0. The van der Waals surface area contributed by atoms with Gasteiger partial charge in [-0.05, 0) is 35.9 Å². The second-order valence-corrected chi connectivity index (χ2v) is 8.22. The SMILES string of the molecule is Cl.O=C1CCN(CCNC(=O)c2ccc3[nH]c(=O)c4c(c3c2)CCSC4)CC1. The molecule has 0 saturated carbocycles. The number of amides is 1. The number of rotatable bonds is 4. The van der Waals surface area contributed by atoms with Crippen molar-refractivity contribution in [2.24, 2.45) is 0 Å². The molecular weight excluding hydrogens is 398 g/mol. The van der Waals surface area contributed by atoms with E-state index in [9.17, 15) is 14.4 Å². The molecule has 2 aliphatic heterocycles.